The van der Waals surface area contributed by atoms with E-state index in [-0.39, 0.29) is 5.91 Å². The molecule has 3 rings (SSSR count). The summed E-state index contributed by atoms with van der Waals surface area (Å²) in [5, 5.41) is 4.33. The summed E-state index contributed by atoms with van der Waals surface area (Å²) in [7, 11) is 0. The first-order valence-electron chi connectivity index (χ1n) is 7.36. The third-order valence-corrected chi connectivity index (χ3v) is 4.88. The molecule has 1 N–H and O–H groups in total. The summed E-state index contributed by atoms with van der Waals surface area (Å²) in [6, 6.07) is 10.3. The number of hydrogen-bond donors (Lipinski definition) is 1. The normalized spacial score (nSPS) is 14.1. The van der Waals surface area contributed by atoms with Crippen molar-refractivity contribution in [2.75, 3.05) is 23.3 Å². The topological polar surface area (TPSA) is 32.3 Å². The smallest absolute Gasteiger partial charge is 0.255 e. The fourth-order valence-electron chi connectivity index (χ4n) is 2.71. The second-order valence-electron chi connectivity index (χ2n) is 5.41. The van der Waals surface area contributed by atoms with Crippen LogP contribution in [0.25, 0.3) is 0 Å². The van der Waals surface area contributed by atoms with Gasteiger partial charge in [0.25, 0.3) is 5.91 Å². The first-order chi connectivity index (χ1) is 11.1. The Morgan fingerprint density at radius 3 is 2.39 bits per heavy atom. The van der Waals surface area contributed by atoms with Gasteiger partial charge in [0.15, 0.2) is 0 Å². The maximum atomic E-state index is 12.5. The molecule has 23 heavy (non-hydrogen) atoms. The van der Waals surface area contributed by atoms with Crippen LogP contribution in [0.5, 0.6) is 0 Å². The lowest BCUT2D eigenvalue weighted by atomic mass is 10.2. The Bertz CT molecular complexity index is 743. The third kappa shape index (κ3) is 3.57. The molecule has 0 atom stereocenters. The molecule has 1 aliphatic rings. The summed E-state index contributed by atoms with van der Waals surface area (Å²) >= 11 is 18.2. The Kier molecular flexibility index (Phi) is 5.00. The average molecular weight is 370 g/mol. The number of para-hydroxylation sites is 1. The molecule has 2 aromatic rings. The highest BCUT2D eigenvalue weighted by Gasteiger charge is 2.20. The fraction of sp³-hybridized carbons (Fsp3) is 0.235. The van der Waals surface area contributed by atoms with Crippen molar-refractivity contribution in [3.63, 3.8) is 0 Å². The van der Waals surface area contributed by atoms with Crippen molar-refractivity contribution >= 4 is 52.1 Å². The van der Waals surface area contributed by atoms with Crippen LogP contribution in [-0.2, 0) is 0 Å². The van der Waals surface area contributed by atoms with Crippen LogP contribution < -0.4 is 10.2 Å². The molecular formula is C17H15Cl3N2O. The molecule has 3 nitrogen and oxygen atoms in total. The molecule has 1 amide bonds. The van der Waals surface area contributed by atoms with E-state index in [1.165, 1.54) is 0 Å². The van der Waals surface area contributed by atoms with Crippen LogP contribution in [0.4, 0.5) is 11.4 Å². The molecule has 0 bridgehead atoms. The quantitative estimate of drug-likeness (QED) is 0.775. The zero-order valence-corrected chi connectivity index (χ0v) is 14.5. The molecule has 0 aromatic heterocycles. The van der Waals surface area contributed by atoms with E-state index in [9.17, 15) is 4.79 Å². The van der Waals surface area contributed by atoms with Crippen LogP contribution >= 0.6 is 34.8 Å². The van der Waals surface area contributed by atoms with Crippen LogP contribution in [0.2, 0.25) is 15.1 Å². The Balaban J connectivity index is 1.88. The summed E-state index contributed by atoms with van der Waals surface area (Å²) in [6.07, 6.45) is 2.26. The SMILES string of the molecule is O=C(Nc1cccc(Cl)c1N1CCCC1)c1ccc(Cl)c(Cl)c1. The monoisotopic (exact) mass is 368 g/mol. The first-order valence-corrected chi connectivity index (χ1v) is 8.49. The highest BCUT2D eigenvalue weighted by Crippen LogP contribution is 2.36. The fourth-order valence-corrected chi connectivity index (χ4v) is 3.30. The number of anilines is 2. The van der Waals surface area contributed by atoms with Crippen molar-refractivity contribution in [1.29, 1.82) is 0 Å². The number of carbonyl (C=O) groups excluding carboxylic acids is 1. The van der Waals surface area contributed by atoms with Crippen LogP contribution in [0.1, 0.15) is 23.2 Å². The molecule has 0 saturated carbocycles. The Hall–Kier alpha value is -1.42. The molecule has 0 radical (unpaired) electrons. The standard InChI is InChI=1S/C17H15Cl3N2O/c18-12-7-6-11(10-14(12)20)17(23)21-15-5-3-4-13(19)16(15)22-8-1-2-9-22/h3-7,10H,1-2,8-9H2,(H,21,23). The van der Waals surface area contributed by atoms with Crippen LogP contribution in [-0.4, -0.2) is 19.0 Å². The van der Waals surface area contributed by atoms with Crippen molar-refractivity contribution in [1.82, 2.24) is 0 Å². The molecule has 0 unspecified atom stereocenters. The second kappa shape index (κ2) is 7.00. The highest BCUT2D eigenvalue weighted by atomic mass is 35.5. The van der Waals surface area contributed by atoms with Gasteiger partial charge in [0.2, 0.25) is 0 Å². The van der Waals surface area contributed by atoms with Gasteiger partial charge in [-0.3, -0.25) is 4.79 Å². The Labute approximate surface area is 150 Å². The molecule has 1 saturated heterocycles. The van der Waals surface area contributed by atoms with Gasteiger partial charge in [-0.05, 0) is 43.2 Å². The van der Waals surface area contributed by atoms with Gasteiger partial charge in [0.05, 0.1) is 26.4 Å². The maximum absolute atomic E-state index is 12.5. The number of carbonyl (C=O) groups is 1. The lowest BCUT2D eigenvalue weighted by Crippen LogP contribution is -2.21. The highest BCUT2D eigenvalue weighted by molar-refractivity contribution is 6.42. The van der Waals surface area contributed by atoms with Gasteiger partial charge in [-0.1, -0.05) is 40.9 Å². The lowest BCUT2D eigenvalue weighted by molar-refractivity contribution is 0.102. The van der Waals surface area contributed by atoms with Gasteiger partial charge in [-0.25, -0.2) is 0 Å². The zero-order valence-electron chi connectivity index (χ0n) is 12.3. The summed E-state index contributed by atoms with van der Waals surface area (Å²) in [6.45, 7) is 1.89. The number of amides is 1. The van der Waals surface area contributed by atoms with Crippen LogP contribution in [0, 0.1) is 0 Å². The van der Waals surface area contributed by atoms with Gasteiger partial charge in [-0.2, -0.15) is 0 Å². The number of rotatable bonds is 3. The van der Waals surface area contributed by atoms with E-state index >= 15 is 0 Å². The molecule has 120 valence electrons. The van der Waals surface area contributed by atoms with E-state index in [2.05, 4.69) is 10.2 Å². The Morgan fingerprint density at radius 1 is 0.957 bits per heavy atom. The minimum atomic E-state index is -0.244. The second-order valence-corrected chi connectivity index (χ2v) is 6.63. The summed E-state index contributed by atoms with van der Waals surface area (Å²) < 4.78 is 0. The van der Waals surface area contributed by atoms with Crippen molar-refractivity contribution in [3.05, 3.63) is 57.0 Å². The molecule has 0 spiro atoms. The molecule has 1 aliphatic heterocycles. The van der Waals surface area contributed by atoms with Gasteiger partial charge >= 0.3 is 0 Å². The minimum Gasteiger partial charge on any atom is -0.369 e. The summed E-state index contributed by atoms with van der Waals surface area (Å²) in [4.78, 5) is 14.7. The predicted molar refractivity (Wildman–Crippen MR) is 97.3 cm³/mol. The maximum Gasteiger partial charge on any atom is 0.255 e. The van der Waals surface area contributed by atoms with E-state index in [0.29, 0.717) is 26.3 Å². The first kappa shape index (κ1) is 16.4. The van der Waals surface area contributed by atoms with Crippen LogP contribution in [0.3, 0.4) is 0 Å². The van der Waals surface area contributed by atoms with Crippen molar-refractivity contribution in [2.24, 2.45) is 0 Å². The number of halogens is 3. The summed E-state index contributed by atoms with van der Waals surface area (Å²) in [5.74, 6) is -0.244. The van der Waals surface area contributed by atoms with E-state index in [1.807, 2.05) is 18.2 Å². The van der Waals surface area contributed by atoms with E-state index in [0.717, 1.165) is 31.6 Å². The molecule has 1 heterocycles. The van der Waals surface area contributed by atoms with Gasteiger partial charge < -0.3 is 10.2 Å². The number of nitrogens with one attached hydrogen (secondary N) is 1. The van der Waals surface area contributed by atoms with Gasteiger partial charge in [0.1, 0.15) is 0 Å². The van der Waals surface area contributed by atoms with E-state index < -0.39 is 0 Å². The molecule has 0 aliphatic carbocycles. The number of hydrogen-bond acceptors (Lipinski definition) is 2. The van der Waals surface area contributed by atoms with Crippen molar-refractivity contribution < 1.29 is 4.79 Å². The van der Waals surface area contributed by atoms with Gasteiger partial charge in [0, 0.05) is 18.7 Å². The van der Waals surface area contributed by atoms with Gasteiger partial charge in [-0.15, -0.1) is 0 Å². The number of benzene rings is 2. The lowest BCUT2D eigenvalue weighted by Gasteiger charge is -2.23. The third-order valence-electron chi connectivity index (χ3n) is 3.84. The van der Waals surface area contributed by atoms with E-state index in [1.54, 1.807) is 18.2 Å². The van der Waals surface area contributed by atoms with Crippen LogP contribution in [0.15, 0.2) is 36.4 Å². The molecule has 6 heteroatoms. The van der Waals surface area contributed by atoms with E-state index in [4.69, 9.17) is 34.8 Å². The molecular weight excluding hydrogens is 355 g/mol. The predicted octanol–water partition coefficient (Wildman–Crippen LogP) is 5.50. The molecule has 1 fully saturated rings. The summed E-state index contributed by atoms with van der Waals surface area (Å²) in [5.41, 5.74) is 2.03. The largest absolute Gasteiger partial charge is 0.369 e. The number of nitrogens with zero attached hydrogens (tertiary/aromatic N) is 1. The van der Waals surface area contributed by atoms with Crippen molar-refractivity contribution in [3.8, 4) is 0 Å². The Morgan fingerprint density at radius 2 is 1.70 bits per heavy atom. The van der Waals surface area contributed by atoms with Crippen molar-refractivity contribution in [2.45, 2.75) is 12.8 Å². The average Bonchev–Trinajstić information content (AvgIpc) is 3.04. The molecule has 2 aromatic carbocycles. The zero-order chi connectivity index (χ0) is 16.4. The minimum absolute atomic E-state index is 0.244.